The Balaban J connectivity index is 2.30. The lowest BCUT2D eigenvalue weighted by atomic mass is 10.0. The molecule has 2 heterocycles. The van der Waals surface area contributed by atoms with Gasteiger partial charge in [-0.1, -0.05) is 6.92 Å². The largest absolute Gasteiger partial charge is 0.628 e. The maximum atomic E-state index is 12.9. The molecule has 16 heavy (non-hydrogen) atoms. The van der Waals surface area contributed by atoms with Gasteiger partial charge in [0.2, 0.25) is 5.66 Å². The van der Waals surface area contributed by atoms with E-state index in [1.54, 1.807) is 0 Å². The molecule has 0 N–H and O–H groups in total. The minimum absolute atomic E-state index is 0.243. The zero-order valence-electron chi connectivity index (χ0n) is 10.6. The van der Waals surface area contributed by atoms with Gasteiger partial charge in [-0.3, -0.25) is 0 Å². The smallest absolute Gasteiger partial charge is 0.221 e. The number of quaternary nitrogens is 2. The van der Waals surface area contributed by atoms with E-state index in [4.69, 9.17) is 0 Å². The molecule has 2 fully saturated rings. The van der Waals surface area contributed by atoms with Crippen LogP contribution in [0.1, 0.15) is 46.0 Å². The highest BCUT2D eigenvalue weighted by Crippen LogP contribution is 2.42. The van der Waals surface area contributed by atoms with Crippen molar-refractivity contribution in [2.24, 2.45) is 0 Å². The molecule has 4 nitrogen and oxygen atoms in total. The highest BCUT2D eigenvalue weighted by molar-refractivity contribution is 4.74. The second kappa shape index (κ2) is 3.95. The molecule has 2 saturated heterocycles. The van der Waals surface area contributed by atoms with Gasteiger partial charge >= 0.3 is 0 Å². The van der Waals surface area contributed by atoms with Gasteiger partial charge in [-0.05, 0) is 0 Å². The first-order valence-electron chi connectivity index (χ1n) is 6.64. The molecule has 0 aromatic rings. The van der Waals surface area contributed by atoms with E-state index in [0.29, 0.717) is 32.6 Å². The zero-order chi connectivity index (χ0) is 11.9. The SMILES string of the molecule is CCC(C)([N+]1([O-])CCCC1)[N+]1([O-])CCCC1. The molecule has 0 aromatic heterocycles. The minimum atomic E-state index is -0.660. The molecular formula is C12H24N2O2. The molecular weight excluding hydrogens is 204 g/mol. The first-order valence-corrected chi connectivity index (χ1v) is 6.64. The van der Waals surface area contributed by atoms with Gasteiger partial charge in [-0.15, -0.1) is 0 Å². The molecule has 2 rings (SSSR count). The highest BCUT2D eigenvalue weighted by atomic mass is 16.6. The van der Waals surface area contributed by atoms with E-state index in [2.05, 4.69) is 0 Å². The van der Waals surface area contributed by atoms with Crippen LogP contribution in [0.3, 0.4) is 0 Å². The molecule has 94 valence electrons. The Morgan fingerprint density at radius 1 is 0.875 bits per heavy atom. The monoisotopic (exact) mass is 228 g/mol. The molecule has 0 aromatic carbocycles. The first kappa shape index (κ1) is 12.3. The summed E-state index contributed by atoms with van der Waals surface area (Å²) in [7, 11) is 0. The fourth-order valence-electron chi connectivity index (χ4n) is 3.56. The van der Waals surface area contributed by atoms with Crippen molar-refractivity contribution >= 4 is 0 Å². The number of hydrogen-bond donors (Lipinski definition) is 0. The molecule has 0 unspecified atom stereocenters. The average Bonchev–Trinajstić information content (AvgIpc) is 2.88. The second-order valence-electron chi connectivity index (χ2n) is 5.66. The summed E-state index contributed by atoms with van der Waals surface area (Å²) in [6.45, 7) is 6.52. The Kier molecular flexibility index (Phi) is 3.03. The molecule has 0 bridgehead atoms. The van der Waals surface area contributed by atoms with Crippen molar-refractivity contribution in [3.05, 3.63) is 10.4 Å². The predicted molar refractivity (Wildman–Crippen MR) is 63.9 cm³/mol. The molecule has 0 aliphatic carbocycles. The van der Waals surface area contributed by atoms with Gasteiger partial charge in [-0.2, -0.15) is 0 Å². The Morgan fingerprint density at radius 3 is 1.44 bits per heavy atom. The Bertz CT molecular complexity index is 234. The molecule has 0 amide bonds. The molecule has 0 spiro atoms. The molecule has 2 aliphatic heterocycles. The fourth-order valence-corrected chi connectivity index (χ4v) is 3.56. The lowest BCUT2D eigenvalue weighted by Gasteiger charge is -2.62. The number of likely N-dealkylation sites (tertiary alicyclic amines) is 2. The summed E-state index contributed by atoms with van der Waals surface area (Å²) in [5.41, 5.74) is -0.660. The van der Waals surface area contributed by atoms with Gasteiger partial charge in [0.25, 0.3) is 0 Å². The van der Waals surface area contributed by atoms with E-state index >= 15 is 0 Å². The van der Waals surface area contributed by atoms with Gasteiger partial charge in [0.05, 0.1) is 32.6 Å². The molecule has 4 heteroatoms. The molecule has 0 radical (unpaired) electrons. The van der Waals surface area contributed by atoms with Crippen LogP contribution in [0.2, 0.25) is 0 Å². The summed E-state index contributed by atoms with van der Waals surface area (Å²) in [5, 5.41) is 25.7. The minimum Gasteiger partial charge on any atom is -0.628 e. The van der Waals surface area contributed by atoms with Gasteiger partial charge in [0.1, 0.15) is 0 Å². The van der Waals surface area contributed by atoms with Crippen molar-refractivity contribution in [2.45, 2.75) is 51.6 Å². The van der Waals surface area contributed by atoms with Crippen molar-refractivity contribution in [3.8, 4) is 0 Å². The van der Waals surface area contributed by atoms with Crippen molar-refractivity contribution in [1.82, 2.24) is 0 Å². The average molecular weight is 228 g/mol. The Labute approximate surface area is 98.2 Å². The van der Waals surface area contributed by atoms with Gasteiger partial charge in [0.15, 0.2) is 0 Å². The summed E-state index contributed by atoms with van der Waals surface area (Å²) < 4.78 is -0.486. The molecule has 0 saturated carbocycles. The van der Waals surface area contributed by atoms with Crippen LogP contribution in [0, 0.1) is 10.4 Å². The topological polar surface area (TPSA) is 46.1 Å². The zero-order valence-corrected chi connectivity index (χ0v) is 10.6. The Hall–Kier alpha value is -0.160. The summed E-state index contributed by atoms with van der Waals surface area (Å²) in [6.07, 6.45) is 4.64. The standard InChI is InChI=1S/C12H24N2O2/c1-3-12(2,13(15)8-4-5-9-13)14(16)10-6-7-11-14/h3-11H2,1-2H3. The summed E-state index contributed by atoms with van der Waals surface area (Å²) in [6, 6.07) is 0. The van der Waals surface area contributed by atoms with E-state index in [1.807, 2.05) is 13.8 Å². The van der Waals surface area contributed by atoms with Crippen LogP contribution in [0.4, 0.5) is 0 Å². The van der Waals surface area contributed by atoms with Crippen molar-refractivity contribution in [1.29, 1.82) is 0 Å². The van der Waals surface area contributed by atoms with Crippen molar-refractivity contribution < 1.29 is 9.29 Å². The highest BCUT2D eigenvalue weighted by Gasteiger charge is 2.54. The third-order valence-corrected chi connectivity index (χ3v) is 5.00. The van der Waals surface area contributed by atoms with Crippen LogP contribution in [-0.4, -0.2) is 41.1 Å². The van der Waals surface area contributed by atoms with Crippen LogP contribution in [0.25, 0.3) is 0 Å². The predicted octanol–water partition coefficient (Wildman–Crippen LogP) is 2.33. The summed E-state index contributed by atoms with van der Waals surface area (Å²) in [4.78, 5) is 0. The van der Waals surface area contributed by atoms with Crippen LogP contribution < -0.4 is 0 Å². The van der Waals surface area contributed by atoms with Gasteiger partial charge < -0.3 is 19.7 Å². The second-order valence-corrected chi connectivity index (χ2v) is 5.66. The quantitative estimate of drug-likeness (QED) is 0.550. The first-order chi connectivity index (χ1) is 7.47. The molecule has 0 atom stereocenters. The lowest BCUT2D eigenvalue weighted by molar-refractivity contribution is -1.12. The van der Waals surface area contributed by atoms with Gasteiger partial charge in [-0.25, -0.2) is 0 Å². The number of hydrogen-bond acceptors (Lipinski definition) is 2. The van der Waals surface area contributed by atoms with E-state index < -0.39 is 5.66 Å². The summed E-state index contributed by atoms with van der Waals surface area (Å²) >= 11 is 0. The van der Waals surface area contributed by atoms with Crippen LogP contribution >= 0.6 is 0 Å². The fraction of sp³-hybridized carbons (Fsp3) is 1.00. The number of rotatable bonds is 3. The van der Waals surface area contributed by atoms with E-state index in [-0.39, 0.29) is 9.29 Å². The Morgan fingerprint density at radius 2 is 1.19 bits per heavy atom. The summed E-state index contributed by atoms with van der Waals surface area (Å²) in [5.74, 6) is 0. The third kappa shape index (κ3) is 1.51. The van der Waals surface area contributed by atoms with Gasteiger partial charge in [0, 0.05) is 32.6 Å². The van der Waals surface area contributed by atoms with E-state index in [1.165, 1.54) is 0 Å². The van der Waals surface area contributed by atoms with Crippen molar-refractivity contribution in [3.63, 3.8) is 0 Å². The maximum absolute atomic E-state index is 12.9. The van der Waals surface area contributed by atoms with Crippen LogP contribution in [0.15, 0.2) is 0 Å². The maximum Gasteiger partial charge on any atom is 0.221 e. The lowest BCUT2D eigenvalue weighted by Crippen LogP contribution is -2.72. The van der Waals surface area contributed by atoms with Crippen molar-refractivity contribution in [2.75, 3.05) is 26.2 Å². The molecule has 2 aliphatic rings. The normalized spacial score (nSPS) is 28.5. The van der Waals surface area contributed by atoms with Crippen LogP contribution in [-0.2, 0) is 0 Å². The van der Waals surface area contributed by atoms with Crippen LogP contribution in [0.5, 0.6) is 0 Å². The number of nitrogens with zero attached hydrogens (tertiary/aromatic N) is 2. The third-order valence-electron chi connectivity index (χ3n) is 5.00. The number of hydroxylamine groups is 6. The van der Waals surface area contributed by atoms with E-state index in [0.717, 1.165) is 25.7 Å². The van der Waals surface area contributed by atoms with E-state index in [9.17, 15) is 10.4 Å².